The zero-order chi connectivity index (χ0) is 19.6. The van der Waals surface area contributed by atoms with E-state index in [2.05, 4.69) is 25.9 Å². The summed E-state index contributed by atoms with van der Waals surface area (Å²) < 4.78 is 31.2. The zero-order valence-corrected chi connectivity index (χ0v) is 17.0. The lowest BCUT2D eigenvalue weighted by Gasteiger charge is -2.10. The van der Waals surface area contributed by atoms with Crippen molar-refractivity contribution in [1.82, 2.24) is 4.83 Å². The first-order valence-electron chi connectivity index (χ1n) is 7.92. The average Bonchev–Trinajstić information content (AvgIpc) is 2.63. The van der Waals surface area contributed by atoms with E-state index in [1.807, 2.05) is 18.2 Å². The largest absolute Gasteiger partial charge is 0.507 e. The summed E-state index contributed by atoms with van der Waals surface area (Å²) in [5.41, 5.74) is 1.19. The Morgan fingerprint density at radius 2 is 1.93 bits per heavy atom. The lowest BCUT2D eigenvalue weighted by Crippen LogP contribution is -2.19. The van der Waals surface area contributed by atoms with Crippen LogP contribution in [0.2, 0.25) is 0 Å². The van der Waals surface area contributed by atoms with Gasteiger partial charge in [0.25, 0.3) is 10.0 Å². The summed E-state index contributed by atoms with van der Waals surface area (Å²) in [4.78, 5) is 2.16. The van der Waals surface area contributed by atoms with Gasteiger partial charge in [0.15, 0.2) is 0 Å². The van der Waals surface area contributed by atoms with Gasteiger partial charge in [0.1, 0.15) is 16.4 Å². The molecule has 0 fully saturated rings. The second kappa shape index (κ2) is 7.58. The van der Waals surface area contributed by atoms with Crippen molar-refractivity contribution in [2.24, 2.45) is 5.10 Å². The van der Waals surface area contributed by atoms with Crippen LogP contribution in [0.3, 0.4) is 0 Å². The summed E-state index contributed by atoms with van der Waals surface area (Å²) in [6.45, 7) is 1.79. The molecular weight excluding hydrogens is 432 g/mol. The van der Waals surface area contributed by atoms with Crippen LogP contribution in [0.15, 0.2) is 63.0 Å². The molecule has 0 heterocycles. The molecule has 0 radical (unpaired) electrons. The number of aromatic hydroxyl groups is 1. The van der Waals surface area contributed by atoms with Crippen LogP contribution in [0.5, 0.6) is 11.5 Å². The third-order valence-corrected chi connectivity index (χ3v) is 5.71. The molecule has 0 aliphatic carbocycles. The van der Waals surface area contributed by atoms with E-state index in [0.717, 1.165) is 20.8 Å². The zero-order valence-electron chi connectivity index (χ0n) is 14.6. The molecule has 8 heteroatoms. The van der Waals surface area contributed by atoms with E-state index in [9.17, 15) is 13.5 Å². The smallest absolute Gasteiger partial charge is 0.280 e. The molecule has 2 N–H and O–H groups in total. The first kappa shape index (κ1) is 19.2. The third kappa shape index (κ3) is 4.06. The molecule has 3 aromatic carbocycles. The number of hydrazone groups is 1. The van der Waals surface area contributed by atoms with E-state index >= 15 is 0 Å². The van der Waals surface area contributed by atoms with E-state index in [-0.39, 0.29) is 16.4 Å². The van der Waals surface area contributed by atoms with Crippen molar-refractivity contribution in [3.63, 3.8) is 0 Å². The van der Waals surface area contributed by atoms with E-state index in [1.165, 1.54) is 25.5 Å². The number of hydrogen-bond acceptors (Lipinski definition) is 5. The van der Waals surface area contributed by atoms with Gasteiger partial charge in [-0.05, 0) is 53.6 Å². The Morgan fingerprint density at radius 1 is 1.15 bits per heavy atom. The first-order valence-corrected chi connectivity index (χ1v) is 10.2. The summed E-state index contributed by atoms with van der Waals surface area (Å²) in [7, 11) is -2.53. The van der Waals surface area contributed by atoms with Gasteiger partial charge in [-0.1, -0.05) is 34.1 Å². The van der Waals surface area contributed by atoms with E-state index in [1.54, 1.807) is 25.1 Å². The standard InChI is InChI=1S/C19H17BrN2O4S/c1-12-3-8-18(26-2)19(9-12)27(24,25)22-21-11-16-15-6-5-14(20)10-13(15)4-7-17(16)23/h3-11,22-23H,1-2H3/b21-11+. The molecule has 0 aromatic heterocycles. The molecule has 0 aliphatic rings. The maximum absolute atomic E-state index is 12.6. The van der Waals surface area contributed by atoms with Crippen molar-refractivity contribution >= 4 is 42.9 Å². The highest BCUT2D eigenvalue weighted by molar-refractivity contribution is 9.10. The minimum absolute atomic E-state index is 0.000839. The van der Waals surface area contributed by atoms with Gasteiger partial charge < -0.3 is 9.84 Å². The highest BCUT2D eigenvalue weighted by atomic mass is 79.9. The van der Waals surface area contributed by atoms with E-state index in [0.29, 0.717) is 5.56 Å². The number of aryl methyl sites for hydroxylation is 1. The van der Waals surface area contributed by atoms with E-state index in [4.69, 9.17) is 4.74 Å². The maximum Gasteiger partial charge on any atom is 0.280 e. The summed E-state index contributed by atoms with van der Waals surface area (Å²) in [6.07, 6.45) is 1.28. The molecule has 0 aliphatic heterocycles. The molecule has 6 nitrogen and oxygen atoms in total. The van der Waals surface area contributed by atoms with Crippen molar-refractivity contribution in [1.29, 1.82) is 0 Å². The Balaban J connectivity index is 1.95. The molecule has 0 atom stereocenters. The van der Waals surface area contributed by atoms with Crippen LogP contribution in [-0.4, -0.2) is 26.8 Å². The van der Waals surface area contributed by atoms with Gasteiger partial charge in [-0.3, -0.25) is 0 Å². The van der Waals surface area contributed by atoms with Gasteiger partial charge >= 0.3 is 0 Å². The van der Waals surface area contributed by atoms with Gasteiger partial charge in [0, 0.05) is 10.0 Å². The van der Waals surface area contributed by atoms with Crippen molar-refractivity contribution in [2.45, 2.75) is 11.8 Å². The monoisotopic (exact) mass is 448 g/mol. The predicted octanol–water partition coefficient (Wildman–Crippen LogP) is 3.94. The number of nitrogens with one attached hydrogen (secondary N) is 1. The summed E-state index contributed by atoms with van der Waals surface area (Å²) >= 11 is 3.40. The highest BCUT2D eigenvalue weighted by Crippen LogP contribution is 2.28. The fraction of sp³-hybridized carbons (Fsp3) is 0.105. The van der Waals surface area contributed by atoms with Crippen LogP contribution < -0.4 is 9.57 Å². The van der Waals surface area contributed by atoms with Crippen molar-refractivity contribution in [2.75, 3.05) is 7.11 Å². The minimum Gasteiger partial charge on any atom is -0.507 e. The van der Waals surface area contributed by atoms with Crippen LogP contribution in [0.25, 0.3) is 10.8 Å². The van der Waals surface area contributed by atoms with Crippen molar-refractivity contribution in [3.8, 4) is 11.5 Å². The van der Waals surface area contributed by atoms with Gasteiger partial charge in [-0.15, -0.1) is 0 Å². The molecule has 140 valence electrons. The number of sulfonamides is 1. The number of benzene rings is 3. The number of hydrogen-bond donors (Lipinski definition) is 2. The minimum atomic E-state index is -3.93. The summed E-state index contributed by atoms with van der Waals surface area (Å²) in [5.74, 6) is 0.224. The van der Waals surface area contributed by atoms with Crippen LogP contribution in [0.4, 0.5) is 0 Å². The normalized spacial score (nSPS) is 11.8. The number of fused-ring (bicyclic) bond motifs is 1. The number of nitrogens with zero attached hydrogens (tertiary/aromatic N) is 1. The molecule has 0 unspecified atom stereocenters. The van der Waals surface area contributed by atoms with Crippen LogP contribution >= 0.6 is 15.9 Å². The number of phenols is 1. The van der Waals surface area contributed by atoms with Crippen LogP contribution in [0, 0.1) is 6.92 Å². The Hall–Kier alpha value is -2.58. The molecule has 0 saturated carbocycles. The SMILES string of the molecule is COc1ccc(C)cc1S(=O)(=O)N/N=C/c1c(O)ccc2cc(Br)ccc12. The highest BCUT2D eigenvalue weighted by Gasteiger charge is 2.19. The van der Waals surface area contributed by atoms with Gasteiger partial charge in [-0.2, -0.15) is 18.4 Å². The lowest BCUT2D eigenvalue weighted by molar-refractivity contribution is 0.402. The molecule has 0 saturated heterocycles. The molecular formula is C19H17BrN2O4S. The molecule has 3 rings (SSSR count). The van der Waals surface area contributed by atoms with Crippen LogP contribution in [-0.2, 0) is 10.0 Å². The average molecular weight is 449 g/mol. The molecule has 0 spiro atoms. The number of methoxy groups -OCH3 is 1. The number of rotatable bonds is 5. The quantitative estimate of drug-likeness (QED) is 0.456. The Morgan fingerprint density at radius 3 is 2.67 bits per heavy atom. The number of phenolic OH excluding ortho intramolecular Hbond substituents is 1. The summed E-state index contributed by atoms with van der Waals surface area (Å²) in [6, 6.07) is 13.7. The second-order valence-corrected chi connectivity index (χ2v) is 8.42. The van der Waals surface area contributed by atoms with Crippen molar-refractivity contribution in [3.05, 3.63) is 64.1 Å². The topological polar surface area (TPSA) is 88.0 Å². The second-order valence-electron chi connectivity index (χ2n) is 5.87. The molecule has 27 heavy (non-hydrogen) atoms. The molecule has 0 bridgehead atoms. The fourth-order valence-corrected chi connectivity index (χ4v) is 4.08. The maximum atomic E-state index is 12.6. The summed E-state index contributed by atoms with van der Waals surface area (Å²) in [5, 5.41) is 15.6. The Kier molecular flexibility index (Phi) is 5.38. The Bertz CT molecular complexity index is 1140. The van der Waals surface area contributed by atoms with Gasteiger partial charge in [-0.25, -0.2) is 0 Å². The molecule has 0 amide bonds. The number of halogens is 1. The molecule has 3 aromatic rings. The van der Waals surface area contributed by atoms with Gasteiger partial charge in [0.2, 0.25) is 0 Å². The lowest BCUT2D eigenvalue weighted by atomic mass is 10.0. The predicted molar refractivity (Wildman–Crippen MR) is 109 cm³/mol. The third-order valence-electron chi connectivity index (χ3n) is 3.98. The fourth-order valence-electron chi connectivity index (χ4n) is 2.65. The number of ether oxygens (including phenoxy) is 1. The first-order chi connectivity index (χ1) is 12.8. The van der Waals surface area contributed by atoms with Crippen LogP contribution in [0.1, 0.15) is 11.1 Å². The van der Waals surface area contributed by atoms with Crippen molar-refractivity contribution < 1.29 is 18.3 Å². The van der Waals surface area contributed by atoms with E-state index < -0.39 is 10.0 Å². The van der Waals surface area contributed by atoms with Gasteiger partial charge in [0.05, 0.1) is 13.3 Å². The Labute approximate surface area is 165 Å².